The van der Waals surface area contributed by atoms with Gasteiger partial charge >= 0.3 is 12.1 Å². The Morgan fingerprint density at radius 3 is 1.38 bits per heavy atom. The molecule has 4 saturated heterocycles. The molecule has 10 N–H and O–H groups in total. The first-order chi connectivity index (χ1) is 27.5. The number of nitrogens with zero attached hydrogens (tertiary/aromatic N) is 6. The molecule has 2 aromatic heterocycles. The third-order valence-electron chi connectivity index (χ3n) is 10.3. The van der Waals surface area contributed by atoms with Gasteiger partial charge < -0.3 is 52.5 Å². The molecular formula is C34H46N14O10. The number of nitrogens with two attached hydrogens (primary N) is 2. The van der Waals surface area contributed by atoms with Gasteiger partial charge in [0.15, 0.2) is 0 Å². The van der Waals surface area contributed by atoms with Crippen molar-refractivity contribution in [1.29, 1.82) is 0 Å². The van der Waals surface area contributed by atoms with E-state index in [2.05, 4.69) is 41.2 Å². The predicted molar refractivity (Wildman–Crippen MR) is 196 cm³/mol. The van der Waals surface area contributed by atoms with Gasteiger partial charge in [0.25, 0.3) is 0 Å². The summed E-state index contributed by atoms with van der Waals surface area (Å²) in [6, 6.07) is -7.05. The molecule has 0 aliphatic carbocycles. The van der Waals surface area contributed by atoms with E-state index in [1.54, 1.807) is 0 Å². The van der Waals surface area contributed by atoms with Crippen molar-refractivity contribution >= 4 is 59.3 Å². The van der Waals surface area contributed by atoms with Crippen molar-refractivity contribution in [2.24, 2.45) is 11.5 Å². The summed E-state index contributed by atoms with van der Waals surface area (Å²) in [5.74, 6) is -4.44. The van der Waals surface area contributed by atoms with Crippen LogP contribution in [0.25, 0.3) is 0 Å². The molecule has 4 aliphatic rings. The minimum Gasteiger partial charge on any atom is -0.368 e. The average Bonchev–Trinajstić information content (AvgIpc) is 4.03. The maximum Gasteiger partial charge on any atom is 0.324 e. The lowest BCUT2D eigenvalue weighted by atomic mass is 10.1. The maximum absolute atomic E-state index is 13.1. The number of H-pyrrole nitrogens is 2. The van der Waals surface area contributed by atoms with Crippen LogP contribution < -0.4 is 32.7 Å². The van der Waals surface area contributed by atoms with Crippen molar-refractivity contribution < 1.29 is 47.9 Å². The Morgan fingerprint density at radius 1 is 0.690 bits per heavy atom. The molecule has 4 fully saturated rings. The van der Waals surface area contributed by atoms with Gasteiger partial charge in [0.05, 0.1) is 25.5 Å². The fourth-order valence-corrected chi connectivity index (χ4v) is 6.99. The number of primary amides is 2. The normalized spacial score (nSPS) is 22.9. The van der Waals surface area contributed by atoms with Crippen LogP contribution in [-0.2, 0) is 51.2 Å². The van der Waals surface area contributed by atoms with Gasteiger partial charge in [0.1, 0.15) is 36.3 Å². The van der Waals surface area contributed by atoms with E-state index in [0.29, 0.717) is 50.2 Å². The molecule has 6 atom stereocenters. The fraction of sp³-hybridized carbons (Fsp3) is 0.529. The lowest BCUT2D eigenvalue weighted by Gasteiger charge is -2.31. The summed E-state index contributed by atoms with van der Waals surface area (Å²) in [4.78, 5) is 140. The summed E-state index contributed by atoms with van der Waals surface area (Å²) in [7, 11) is 2.63. The Kier molecular flexibility index (Phi) is 13.4. The largest absolute Gasteiger partial charge is 0.368 e. The van der Waals surface area contributed by atoms with E-state index in [4.69, 9.17) is 11.5 Å². The van der Waals surface area contributed by atoms with Crippen molar-refractivity contribution in [2.45, 2.75) is 87.6 Å². The lowest BCUT2D eigenvalue weighted by Crippen LogP contribution is -2.61. The minimum absolute atomic E-state index is 0.0983. The Bertz CT molecular complexity index is 1750. The summed E-state index contributed by atoms with van der Waals surface area (Å²) in [5, 5.41) is 10.1. The van der Waals surface area contributed by atoms with Gasteiger partial charge in [0, 0.05) is 63.8 Å². The molecule has 4 aliphatic heterocycles. The lowest BCUT2D eigenvalue weighted by molar-refractivity contribution is -0.141. The van der Waals surface area contributed by atoms with Gasteiger partial charge in [-0.2, -0.15) is 0 Å². The van der Waals surface area contributed by atoms with Gasteiger partial charge in [0.2, 0.25) is 47.3 Å². The highest BCUT2D eigenvalue weighted by Gasteiger charge is 2.41. The predicted octanol–water partition coefficient (Wildman–Crippen LogP) is -4.29. The molecule has 12 amide bonds. The van der Waals surface area contributed by atoms with Crippen LogP contribution in [0.15, 0.2) is 25.0 Å². The van der Waals surface area contributed by atoms with Gasteiger partial charge in [-0.15, -0.1) is 0 Å². The molecule has 0 aromatic carbocycles. The van der Waals surface area contributed by atoms with E-state index in [-0.39, 0.29) is 25.7 Å². The van der Waals surface area contributed by atoms with E-state index in [9.17, 15) is 47.9 Å². The Balaban J connectivity index is 0.000000221. The number of imide groups is 2. The standard InChI is InChI=1S/2C17H23N7O5/c2*1-23-13(25)6-10(22-17(23)29)15(27)21-11(5-9-7-19-8-20-9)16(28)24-4-2-3-12(24)14(18)26/h2*7-8,10-12H,2-6H2,1H3,(H2,18,26)(H,19,20)(H,21,27)(H,22,29)/t2*10-,11-,12-/m00/s1. The second-order valence-electron chi connectivity index (χ2n) is 14.2. The third kappa shape index (κ3) is 9.91. The van der Waals surface area contributed by atoms with E-state index in [1.165, 1.54) is 48.9 Å². The summed E-state index contributed by atoms with van der Waals surface area (Å²) >= 11 is 0. The first-order valence-corrected chi connectivity index (χ1v) is 18.4. The van der Waals surface area contributed by atoms with Crippen molar-refractivity contribution in [2.75, 3.05) is 27.2 Å². The Hall–Kier alpha value is -6.88. The zero-order chi connectivity index (χ0) is 42.3. The molecule has 2 aromatic rings. The molecule has 58 heavy (non-hydrogen) atoms. The number of hydrogen-bond donors (Lipinski definition) is 8. The van der Waals surface area contributed by atoms with Crippen molar-refractivity contribution in [3.05, 3.63) is 36.4 Å². The maximum atomic E-state index is 13.1. The topological polar surface area (TPSA) is 341 Å². The van der Waals surface area contributed by atoms with Gasteiger partial charge in [-0.3, -0.25) is 48.2 Å². The average molecular weight is 811 g/mol. The number of aromatic nitrogens is 4. The molecule has 312 valence electrons. The van der Waals surface area contributed by atoms with Gasteiger partial charge in [-0.25, -0.2) is 19.6 Å². The van der Waals surface area contributed by atoms with Gasteiger partial charge in [-0.05, 0) is 25.7 Å². The first kappa shape index (κ1) is 42.3. The zero-order valence-electron chi connectivity index (χ0n) is 31.8. The number of carbonyl (C=O) groups excluding carboxylic acids is 10. The number of rotatable bonds is 12. The quantitative estimate of drug-likeness (QED) is 0.101. The minimum atomic E-state index is -1.09. The van der Waals surface area contributed by atoms with Crippen LogP contribution in [0.3, 0.4) is 0 Å². The van der Waals surface area contributed by atoms with Crippen LogP contribution in [0.2, 0.25) is 0 Å². The highest BCUT2D eigenvalue weighted by molar-refractivity contribution is 6.04. The molecule has 0 saturated carbocycles. The molecule has 24 heteroatoms. The smallest absolute Gasteiger partial charge is 0.324 e. The molecule has 24 nitrogen and oxygen atoms in total. The van der Waals surface area contributed by atoms with Crippen LogP contribution in [-0.4, -0.2) is 162 Å². The van der Waals surface area contributed by atoms with E-state index in [0.717, 1.165) is 9.80 Å². The summed E-state index contributed by atoms with van der Waals surface area (Å²) in [5.41, 5.74) is 12.0. The van der Waals surface area contributed by atoms with Crippen LogP contribution in [0, 0.1) is 0 Å². The molecule has 6 rings (SSSR count). The number of likely N-dealkylation sites (tertiary alicyclic amines) is 2. The van der Waals surface area contributed by atoms with Crippen molar-refractivity contribution in [3.63, 3.8) is 0 Å². The highest BCUT2D eigenvalue weighted by atomic mass is 16.2. The molecular weight excluding hydrogens is 764 g/mol. The number of aromatic amines is 2. The van der Waals surface area contributed by atoms with Crippen LogP contribution >= 0.6 is 0 Å². The SMILES string of the molecule is CN1C(=O)C[C@@H](C(=O)N[C@@H](Cc2cnc[nH]2)C(=O)N2CCC[C@H]2C(N)=O)NC1=O.CN1C(=O)C[C@@H](C(=O)N[C@@H](Cc2cnc[nH]2)C(=O)N2CCC[C@H]2C(N)=O)NC1=O. The van der Waals surface area contributed by atoms with Crippen molar-refractivity contribution in [1.82, 2.24) is 60.8 Å². The van der Waals surface area contributed by atoms with E-state index in [1.807, 2.05) is 0 Å². The monoisotopic (exact) mass is 810 g/mol. The van der Waals surface area contributed by atoms with Crippen LogP contribution in [0.5, 0.6) is 0 Å². The first-order valence-electron chi connectivity index (χ1n) is 18.4. The third-order valence-corrected chi connectivity index (χ3v) is 10.3. The zero-order valence-corrected chi connectivity index (χ0v) is 31.8. The van der Waals surface area contributed by atoms with E-state index >= 15 is 0 Å². The van der Waals surface area contributed by atoms with Crippen LogP contribution in [0.1, 0.15) is 49.9 Å². The summed E-state index contributed by atoms with van der Waals surface area (Å²) in [6.45, 7) is 0.705. The molecule has 0 spiro atoms. The Labute approximate surface area is 330 Å². The number of nitrogens with one attached hydrogen (secondary N) is 6. The second kappa shape index (κ2) is 18.4. The number of urea groups is 2. The number of hydrogen-bond acceptors (Lipinski definition) is 12. The molecule has 6 heterocycles. The number of amides is 12. The van der Waals surface area contributed by atoms with Crippen molar-refractivity contribution in [3.8, 4) is 0 Å². The van der Waals surface area contributed by atoms with Crippen LogP contribution in [0.4, 0.5) is 9.59 Å². The number of imidazole rings is 2. The van der Waals surface area contributed by atoms with E-state index < -0.39 is 95.6 Å². The van der Waals surface area contributed by atoms with Gasteiger partial charge in [-0.1, -0.05) is 0 Å². The Morgan fingerprint density at radius 2 is 1.07 bits per heavy atom. The molecule has 0 unspecified atom stereocenters. The summed E-state index contributed by atoms with van der Waals surface area (Å²) < 4.78 is 0. The molecule has 0 bridgehead atoms. The fourth-order valence-electron chi connectivity index (χ4n) is 6.99. The molecule has 0 radical (unpaired) electrons. The second-order valence-corrected chi connectivity index (χ2v) is 14.2. The number of carbonyl (C=O) groups is 10. The highest BCUT2D eigenvalue weighted by Crippen LogP contribution is 2.21. The summed E-state index contributed by atoms with van der Waals surface area (Å²) in [6.07, 6.45) is 7.87.